The van der Waals surface area contributed by atoms with E-state index in [0.717, 1.165) is 24.8 Å². The van der Waals surface area contributed by atoms with Gasteiger partial charge in [-0.15, -0.1) is 0 Å². The highest BCUT2D eigenvalue weighted by Crippen LogP contribution is 2.33. The van der Waals surface area contributed by atoms with Crippen molar-refractivity contribution in [3.63, 3.8) is 0 Å². The number of benzene rings is 2. The fourth-order valence-corrected chi connectivity index (χ4v) is 4.75. The molecule has 6 heteroatoms. The van der Waals surface area contributed by atoms with Gasteiger partial charge in [0.2, 0.25) is 10.0 Å². The van der Waals surface area contributed by atoms with E-state index < -0.39 is 10.0 Å². The Morgan fingerprint density at radius 1 is 1.25 bits per heavy atom. The fourth-order valence-electron chi connectivity index (χ4n) is 3.09. The topological polar surface area (TPSA) is 55.4 Å². The van der Waals surface area contributed by atoms with Gasteiger partial charge in [0.1, 0.15) is 10.6 Å². The van der Waals surface area contributed by atoms with Crippen LogP contribution in [0.2, 0.25) is 5.02 Å². The van der Waals surface area contributed by atoms with Crippen LogP contribution in [0.15, 0.2) is 47.4 Å². The molecule has 24 heavy (non-hydrogen) atoms. The largest absolute Gasteiger partial charge is 0.492 e. The van der Waals surface area contributed by atoms with Crippen LogP contribution in [0.5, 0.6) is 5.75 Å². The molecule has 1 aliphatic rings. The standard InChI is InChI=1S/C18H20ClNO3S/c1-2-23-17-11-10-14(19)12-18(17)24(21,22)20-16-9-5-7-13-6-3-4-8-15(13)16/h3-4,6,8,10-12,16,20H,2,5,7,9H2,1H3/t16-/m0/s1. The van der Waals surface area contributed by atoms with Crippen LogP contribution < -0.4 is 9.46 Å². The molecule has 0 saturated carbocycles. The smallest absolute Gasteiger partial charge is 0.244 e. The summed E-state index contributed by atoms with van der Waals surface area (Å²) in [4.78, 5) is 0.0832. The minimum atomic E-state index is -3.74. The summed E-state index contributed by atoms with van der Waals surface area (Å²) in [6.45, 7) is 2.20. The molecule has 4 nitrogen and oxygen atoms in total. The zero-order valence-corrected chi connectivity index (χ0v) is 15.0. The summed E-state index contributed by atoms with van der Waals surface area (Å²) in [6.07, 6.45) is 2.72. The molecule has 0 saturated heterocycles. The van der Waals surface area contributed by atoms with Crippen LogP contribution in [0, 0.1) is 0 Å². The van der Waals surface area contributed by atoms with Crippen LogP contribution in [-0.2, 0) is 16.4 Å². The summed E-state index contributed by atoms with van der Waals surface area (Å²) in [7, 11) is -3.74. The lowest BCUT2D eigenvalue weighted by Crippen LogP contribution is -2.31. The molecule has 0 aliphatic heterocycles. The first-order chi connectivity index (χ1) is 11.5. The van der Waals surface area contributed by atoms with Crippen molar-refractivity contribution in [1.82, 2.24) is 4.72 Å². The minimum absolute atomic E-state index is 0.0832. The fraction of sp³-hybridized carbons (Fsp3) is 0.333. The zero-order valence-electron chi connectivity index (χ0n) is 13.5. The number of hydrogen-bond donors (Lipinski definition) is 1. The second kappa shape index (κ2) is 7.13. The molecule has 0 radical (unpaired) electrons. The summed E-state index contributed by atoms with van der Waals surface area (Å²) in [5.74, 6) is 0.318. The third kappa shape index (κ3) is 3.58. The van der Waals surface area contributed by atoms with Gasteiger partial charge in [-0.25, -0.2) is 13.1 Å². The Bertz CT molecular complexity index is 836. The zero-order chi connectivity index (χ0) is 17.2. The molecular weight excluding hydrogens is 346 g/mol. The first kappa shape index (κ1) is 17.3. The Kier molecular flexibility index (Phi) is 5.13. The van der Waals surface area contributed by atoms with Gasteiger partial charge in [-0.05, 0) is 55.5 Å². The van der Waals surface area contributed by atoms with Gasteiger partial charge >= 0.3 is 0 Å². The van der Waals surface area contributed by atoms with Crippen molar-refractivity contribution in [2.24, 2.45) is 0 Å². The van der Waals surface area contributed by atoms with Gasteiger partial charge in [0, 0.05) is 11.1 Å². The molecule has 128 valence electrons. The van der Waals surface area contributed by atoms with E-state index in [9.17, 15) is 8.42 Å². The van der Waals surface area contributed by atoms with Crippen LogP contribution in [0.25, 0.3) is 0 Å². The monoisotopic (exact) mass is 365 g/mol. The average molecular weight is 366 g/mol. The van der Waals surface area contributed by atoms with E-state index in [1.165, 1.54) is 11.6 Å². The van der Waals surface area contributed by atoms with Gasteiger partial charge < -0.3 is 4.74 Å². The summed E-state index contributed by atoms with van der Waals surface area (Å²) < 4.78 is 34.1. The number of hydrogen-bond acceptors (Lipinski definition) is 3. The summed E-state index contributed by atoms with van der Waals surface area (Å²) in [5.41, 5.74) is 2.25. The van der Waals surface area contributed by atoms with E-state index in [2.05, 4.69) is 10.8 Å². The van der Waals surface area contributed by atoms with Crippen molar-refractivity contribution in [3.8, 4) is 5.75 Å². The number of nitrogens with one attached hydrogen (secondary N) is 1. The van der Waals surface area contributed by atoms with Gasteiger partial charge in [-0.3, -0.25) is 0 Å². The number of ether oxygens (including phenoxy) is 1. The lowest BCUT2D eigenvalue weighted by atomic mass is 9.88. The van der Waals surface area contributed by atoms with Gasteiger partial charge in [-0.1, -0.05) is 35.9 Å². The first-order valence-electron chi connectivity index (χ1n) is 8.04. The van der Waals surface area contributed by atoms with Crippen molar-refractivity contribution in [2.45, 2.75) is 37.1 Å². The van der Waals surface area contributed by atoms with E-state index >= 15 is 0 Å². The number of sulfonamides is 1. The van der Waals surface area contributed by atoms with Gasteiger partial charge in [-0.2, -0.15) is 0 Å². The van der Waals surface area contributed by atoms with E-state index in [1.54, 1.807) is 12.1 Å². The Morgan fingerprint density at radius 2 is 2.04 bits per heavy atom. The molecule has 0 unspecified atom stereocenters. The van der Waals surface area contributed by atoms with Crippen molar-refractivity contribution >= 4 is 21.6 Å². The predicted molar refractivity (Wildman–Crippen MR) is 95.1 cm³/mol. The Labute approximate surface area is 147 Å². The van der Waals surface area contributed by atoms with Crippen molar-refractivity contribution in [3.05, 3.63) is 58.6 Å². The van der Waals surface area contributed by atoms with Crippen LogP contribution in [0.3, 0.4) is 0 Å². The molecule has 1 N–H and O–H groups in total. The Hall–Kier alpha value is -1.56. The van der Waals surface area contributed by atoms with Gasteiger partial charge in [0.15, 0.2) is 0 Å². The highest BCUT2D eigenvalue weighted by atomic mass is 35.5. The first-order valence-corrected chi connectivity index (χ1v) is 9.90. The summed E-state index contributed by atoms with van der Waals surface area (Å²) in [6, 6.07) is 12.4. The molecular formula is C18H20ClNO3S. The third-order valence-corrected chi connectivity index (χ3v) is 5.89. The third-order valence-electron chi connectivity index (χ3n) is 4.16. The Balaban J connectivity index is 1.94. The SMILES string of the molecule is CCOc1ccc(Cl)cc1S(=O)(=O)N[C@H]1CCCc2ccccc21. The highest BCUT2D eigenvalue weighted by molar-refractivity contribution is 7.89. The quantitative estimate of drug-likeness (QED) is 0.868. The molecule has 0 spiro atoms. The van der Waals surface area contributed by atoms with E-state index in [0.29, 0.717) is 17.4 Å². The maximum absolute atomic E-state index is 12.9. The maximum atomic E-state index is 12.9. The van der Waals surface area contributed by atoms with Crippen LogP contribution in [0.1, 0.15) is 36.9 Å². The normalized spacial score (nSPS) is 17.3. The van der Waals surface area contributed by atoms with Crippen LogP contribution >= 0.6 is 11.6 Å². The number of rotatable bonds is 5. The maximum Gasteiger partial charge on any atom is 0.244 e. The lowest BCUT2D eigenvalue weighted by molar-refractivity contribution is 0.331. The molecule has 0 amide bonds. The van der Waals surface area contributed by atoms with Crippen molar-refractivity contribution in [1.29, 1.82) is 0 Å². The molecule has 0 bridgehead atoms. The molecule has 3 rings (SSSR count). The lowest BCUT2D eigenvalue weighted by Gasteiger charge is -2.26. The average Bonchev–Trinajstić information content (AvgIpc) is 2.57. The van der Waals surface area contributed by atoms with Gasteiger partial charge in [0.25, 0.3) is 0 Å². The van der Waals surface area contributed by atoms with E-state index in [4.69, 9.17) is 16.3 Å². The summed E-state index contributed by atoms with van der Waals surface area (Å²) in [5, 5.41) is 0.364. The highest BCUT2D eigenvalue weighted by Gasteiger charge is 2.27. The van der Waals surface area contributed by atoms with E-state index in [1.807, 2.05) is 25.1 Å². The van der Waals surface area contributed by atoms with Crippen molar-refractivity contribution in [2.75, 3.05) is 6.61 Å². The van der Waals surface area contributed by atoms with E-state index in [-0.39, 0.29) is 10.9 Å². The second-order valence-electron chi connectivity index (χ2n) is 5.79. The van der Waals surface area contributed by atoms with Gasteiger partial charge in [0.05, 0.1) is 6.61 Å². The van der Waals surface area contributed by atoms with Crippen LogP contribution in [0.4, 0.5) is 0 Å². The van der Waals surface area contributed by atoms with Crippen molar-refractivity contribution < 1.29 is 13.2 Å². The number of halogens is 1. The second-order valence-corrected chi connectivity index (χ2v) is 7.91. The molecule has 0 fully saturated rings. The number of fused-ring (bicyclic) bond motifs is 1. The molecule has 2 aromatic carbocycles. The Morgan fingerprint density at radius 3 is 2.83 bits per heavy atom. The molecule has 1 aliphatic carbocycles. The molecule has 0 aromatic heterocycles. The molecule has 0 heterocycles. The molecule has 1 atom stereocenters. The summed E-state index contributed by atoms with van der Waals surface area (Å²) >= 11 is 6.00. The van der Waals surface area contributed by atoms with Crippen LogP contribution in [-0.4, -0.2) is 15.0 Å². The molecule has 2 aromatic rings. The minimum Gasteiger partial charge on any atom is -0.492 e. The predicted octanol–water partition coefficient (Wildman–Crippen LogP) is 4.09. The number of aryl methyl sites for hydroxylation is 1.